The van der Waals surface area contributed by atoms with Crippen molar-refractivity contribution in [2.24, 2.45) is 10.8 Å². The summed E-state index contributed by atoms with van der Waals surface area (Å²) in [6, 6.07) is 7.43. The summed E-state index contributed by atoms with van der Waals surface area (Å²) in [5, 5.41) is 1.51. The van der Waals surface area contributed by atoms with E-state index in [2.05, 4.69) is 4.99 Å². The molecule has 1 heterocycles. The van der Waals surface area contributed by atoms with Crippen molar-refractivity contribution in [3.63, 3.8) is 0 Å². The summed E-state index contributed by atoms with van der Waals surface area (Å²) in [7, 11) is 1.62. The molecule has 0 aromatic heterocycles. The molecule has 2 N–H and O–H groups in total. The highest BCUT2D eigenvalue weighted by Crippen LogP contribution is 2.22. The lowest BCUT2D eigenvalue weighted by atomic mass is 10.3. The summed E-state index contributed by atoms with van der Waals surface area (Å²) in [6.07, 6.45) is 3.39. The van der Waals surface area contributed by atoms with Crippen molar-refractivity contribution >= 4 is 6.34 Å². The van der Waals surface area contributed by atoms with E-state index < -0.39 is 0 Å². The van der Waals surface area contributed by atoms with Crippen LogP contribution in [-0.2, 0) is 0 Å². The van der Waals surface area contributed by atoms with Gasteiger partial charge in [0.1, 0.15) is 17.8 Å². The first-order chi connectivity index (χ1) is 8.19. The van der Waals surface area contributed by atoms with Crippen molar-refractivity contribution in [2.45, 2.75) is 13.0 Å². The first kappa shape index (κ1) is 11.5. The number of nitrogens with two attached hydrogens (primary N) is 1. The zero-order valence-electron chi connectivity index (χ0n) is 9.83. The minimum atomic E-state index is 0.0631. The molecule has 1 aliphatic rings. The van der Waals surface area contributed by atoms with Crippen LogP contribution in [0.4, 0.5) is 0 Å². The number of methoxy groups -OCH3 is 1. The maximum atomic E-state index is 5.64. The van der Waals surface area contributed by atoms with Gasteiger partial charge in [-0.25, -0.2) is 10.8 Å². The van der Waals surface area contributed by atoms with E-state index in [9.17, 15) is 0 Å². The Kier molecular flexibility index (Phi) is 3.30. The fourth-order valence-corrected chi connectivity index (χ4v) is 1.41. The van der Waals surface area contributed by atoms with Crippen LogP contribution in [0.15, 0.2) is 41.2 Å². The number of benzene rings is 1. The summed E-state index contributed by atoms with van der Waals surface area (Å²) < 4.78 is 10.7. The zero-order chi connectivity index (χ0) is 12.3. The molecule has 0 bridgehead atoms. The van der Waals surface area contributed by atoms with Crippen molar-refractivity contribution in [2.75, 3.05) is 7.11 Å². The van der Waals surface area contributed by atoms with Gasteiger partial charge in [-0.3, -0.25) is 5.01 Å². The van der Waals surface area contributed by atoms with Gasteiger partial charge < -0.3 is 9.47 Å². The van der Waals surface area contributed by atoms with E-state index in [1.54, 1.807) is 19.5 Å². The predicted octanol–water partition coefficient (Wildman–Crippen LogP) is 1.52. The second-order valence-corrected chi connectivity index (χ2v) is 3.72. The average molecular weight is 233 g/mol. The third-order valence-corrected chi connectivity index (χ3v) is 2.44. The molecule has 1 aliphatic heterocycles. The third kappa shape index (κ3) is 2.76. The minimum absolute atomic E-state index is 0.0631. The van der Waals surface area contributed by atoms with E-state index in [-0.39, 0.29) is 6.04 Å². The highest BCUT2D eigenvalue weighted by Gasteiger charge is 2.12. The van der Waals surface area contributed by atoms with Gasteiger partial charge in [-0.05, 0) is 19.1 Å². The standard InChI is InChI=1S/C12H15N3O2/c1-9-6-12(14-8-15(9)13)17-11-5-3-4-10(7-11)16-2/h3-9H,13H2,1-2H3. The Labute approximate surface area is 100 Å². The van der Waals surface area contributed by atoms with Crippen molar-refractivity contribution < 1.29 is 9.47 Å². The Hall–Kier alpha value is -2.01. The summed E-state index contributed by atoms with van der Waals surface area (Å²) in [4.78, 5) is 4.09. The highest BCUT2D eigenvalue weighted by molar-refractivity contribution is 5.58. The van der Waals surface area contributed by atoms with E-state index >= 15 is 0 Å². The molecule has 0 saturated heterocycles. The fraction of sp³-hybridized carbons (Fsp3) is 0.250. The van der Waals surface area contributed by atoms with E-state index in [0.717, 1.165) is 5.75 Å². The van der Waals surface area contributed by atoms with Crippen molar-refractivity contribution in [1.82, 2.24) is 5.01 Å². The second-order valence-electron chi connectivity index (χ2n) is 3.72. The van der Waals surface area contributed by atoms with Gasteiger partial charge in [0.15, 0.2) is 0 Å². The molecule has 0 fully saturated rings. The van der Waals surface area contributed by atoms with Crippen LogP contribution in [0.5, 0.6) is 11.5 Å². The van der Waals surface area contributed by atoms with Crippen LogP contribution in [0.3, 0.4) is 0 Å². The Morgan fingerprint density at radius 1 is 1.35 bits per heavy atom. The topological polar surface area (TPSA) is 60.1 Å². The van der Waals surface area contributed by atoms with Gasteiger partial charge >= 0.3 is 0 Å². The average Bonchev–Trinajstić information content (AvgIpc) is 2.34. The Balaban J connectivity index is 2.11. The molecular weight excluding hydrogens is 218 g/mol. The predicted molar refractivity (Wildman–Crippen MR) is 65.7 cm³/mol. The monoisotopic (exact) mass is 233 g/mol. The lowest BCUT2D eigenvalue weighted by Gasteiger charge is -2.22. The maximum absolute atomic E-state index is 5.64. The molecule has 2 rings (SSSR count). The lowest BCUT2D eigenvalue weighted by Crippen LogP contribution is -2.39. The van der Waals surface area contributed by atoms with Crippen molar-refractivity contribution in [3.05, 3.63) is 36.2 Å². The van der Waals surface area contributed by atoms with Gasteiger partial charge in [-0.15, -0.1) is 0 Å². The van der Waals surface area contributed by atoms with Crippen LogP contribution in [0, 0.1) is 0 Å². The molecule has 1 unspecified atom stereocenters. The van der Waals surface area contributed by atoms with E-state index in [1.165, 1.54) is 5.01 Å². The van der Waals surface area contributed by atoms with Crippen LogP contribution >= 0.6 is 0 Å². The molecule has 90 valence electrons. The number of nitrogens with zero attached hydrogens (tertiary/aromatic N) is 2. The fourth-order valence-electron chi connectivity index (χ4n) is 1.41. The molecule has 1 aromatic rings. The summed E-state index contributed by atoms with van der Waals surface area (Å²) >= 11 is 0. The normalized spacial score (nSPS) is 18.9. The molecule has 0 radical (unpaired) electrons. The van der Waals surface area contributed by atoms with Crippen molar-refractivity contribution in [3.8, 4) is 11.5 Å². The molecule has 5 nitrogen and oxygen atoms in total. The zero-order valence-corrected chi connectivity index (χ0v) is 9.83. The van der Waals surface area contributed by atoms with Gasteiger partial charge in [-0.1, -0.05) is 6.07 Å². The van der Waals surface area contributed by atoms with Crippen molar-refractivity contribution in [1.29, 1.82) is 0 Å². The minimum Gasteiger partial charge on any atom is -0.497 e. The van der Waals surface area contributed by atoms with E-state index in [4.69, 9.17) is 15.3 Å². The third-order valence-electron chi connectivity index (χ3n) is 2.44. The van der Waals surface area contributed by atoms with Crippen LogP contribution in [-0.4, -0.2) is 24.5 Å². The SMILES string of the molecule is COc1cccc(OC2=CC(C)N(N)C=N2)c1. The molecular formula is C12H15N3O2. The number of ether oxygens (including phenoxy) is 2. The first-order valence-electron chi connectivity index (χ1n) is 5.30. The van der Waals surface area contributed by atoms with Gasteiger partial charge in [0.05, 0.1) is 13.2 Å². The summed E-state index contributed by atoms with van der Waals surface area (Å²) in [5.41, 5.74) is 0. The van der Waals surface area contributed by atoms with E-state index in [1.807, 2.05) is 31.2 Å². The van der Waals surface area contributed by atoms with Crippen LogP contribution < -0.4 is 15.3 Å². The molecule has 0 aliphatic carbocycles. The molecule has 0 saturated carbocycles. The number of hydrazine groups is 1. The number of rotatable bonds is 3. The highest BCUT2D eigenvalue weighted by atomic mass is 16.5. The molecule has 0 spiro atoms. The summed E-state index contributed by atoms with van der Waals surface area (Å²) in [5.74, 6) is 7.61. The summed E-state index contributed by atoms with van der Waals surface area (Å²) in [6.45, 7) is 1.96. The van der Waals surface area contributed by atoms with Gasteiger partial charge in [0, 0.05) is 12.1 Å². The number of hydrogen-bond acceptors (Lipinski definition) is 5. The van der Waals surface area contributed by atoms with Crippen LogP contribution in [0.2, 0.25) is 0 Å². The Bertz CT molecular complexity index is 457. The molecule has 17 heavy (non-hydrogen) atoms. The largest absolute Gasteiger partial charge is 0.497 e. The lowest BCUT2D eigenvalue weighted by molar-refractivity contribution is 0.353. The molecule has 1 atom stereocenters. The number of hydrogen-bond donors (Lipinski definition) is 1. The van der Waals surface area contributed by atoms with Gasteiger partial charge in [0.2, 0.25) is 5.88 Å². The second kappa shape index (κ2) is 4.88. The maximum Gasteiger partial charge on any atom is 0.218 e. The van der Waals surface area contributed by atoms with Crippen LogP contribution in [0.25, 0.3) is 0 Å². The molecule has 1 aromatic carbocycles. The van der Waals surface area contributed by atoms with Gasteiger partial charge in [-0.2, -0.15) is 0 Å². The first-order valence-corrected chi connectivity index (χ1v) is 5.30. The Morgan fingerprint density at radius 2 is 2.12 bits per heavy atom. The van der Waals surface area contributed by atoms with E-state index in [0.29, 0.717) is 11.6 Å². The smallest absolute Gasteiger partial charge is 0.218 e. The number of aliphatic imine (C=N–C) groups is 1. The van der Waals surface area contributed by atoms with Crippen LogP contribution in [0.1, 0.15) is 6.92 Å². The Morgan fingerprint density at radius 3 is 2.82 bits per heavy atom. The molecule has 0 amide bonds. The molecule has 5 heteroatoms. The quantitative estimate of drug-likeness (QED) is 0.804. The van der Waals surface area contributed by atoms with Gasteiger partial charge in [0.25, 0.3) is 0 Å².